The molecular weight excluding hydrogens is 345 g/mol. The lowest BCUT2D eigenvalue weighted by Gasteiger charge is -2.22. The Hall–Kier alpha value is -2.47. The van der Waals surface area contributed by atoms with Crippen molar-refractivity contribution >= 4 is 23.4 Å². The fourth-order valence-corrected chi connectivity index (χ4v) is 3.00. The van der Waals surface area contributed by atoms with Crippen molar-refractivity contribution in [2.45, 2.75) is 6.42 Å². The van der Waals surface area contributed by atoms with Crippen molar-refractivity contribution in [3.8, 4) is 0 Å². The second-order valence-corrected chi connectivity index (χ2v) is 6.23. The number of rotatable bonds is 2. The lowest BCUT2D eigenvalue weighted by atomic mass is 10.2. The fourth-order valence-electron chi connectivity index (χ4n) is 2.83. The van der Waals surface area contributed by atoms with Gasteiger partial charge >= 0.3 is 0 Å². The number of amides is 2. The number of halogens is 2. The van der Waals surface area contributed by atoms with Crippen LogP contribution in [0.3, 0.4) is 0 Å². The first-order valence-corrected chi connectivity index (χ1v) is 8.37. The molecule has 1 saturated heterocycles. The lowest BCUT2D eigenvalue weighted by molar-refractivity contribution is 0.0716. The summed E-state index contributed by atoms with van der Waals surface area (Å²) in [5.41, 5.74) is 0.525. The Morgan fingerprint density at radius 3 is 2.28 bits per heavy atom. The van der Waals surface area contributed by atoms with Crippen LogP contribution in [0.5, 0.6) is 0 Å². The monoisotopic (exact) mass is 361 g/mol. The smallest absolute Gasteiger partial charge is 0.256 e. The minimum atomic E-state index is -0.594. The van der Waals surface area contributed by atoms with Gasteiger partial charge in [-0.1, -0.05) is 11.6 Å². The molecule has 1 aromatic heterocycles. The van der Waals surface area contributed by atoms with Crippen molar-refractivity contribution in [3.05, 3.63) is 64.7 Å². The van der Waals surface area contributed by atoms with Crippen LogP contribution >= 0.6 is 11.6 Å². The zero-order valence-electron chi connectivity index (χ0n) is 13.5. The molecule has 1 fully saturated rings. The highest BCUT2D eigenvalue weighted by molar-refractivity contribution is 6.31. The molecule has 0 atom stereocenters. The van der Waals surface area contributed by atoms with Gasteiger partial charge in [-0.3, -0.25) is 14.6 Å². The van der Waals surface area contributed by atoms with Crippen LogP contribution < -0.4 is 0 Å². The Labute approximate surface area is 150 Å². The minimum absolute atomic E-state index is 0.0404. The molecule has 2 heterocycles. The number of carbonyl (C=O) groups excluding carboxylic acids is 2. The molecular formula is C18H17ClFN3O2. The molecule has 0 bridgehead atoms. The van der Waals surface area contributed by atoms with Gasteiger partial charge in [-0.2, -0.15) is 0 Å². The molecule has 2 amide bonds. The van der Waals surface area contributed by atoms with Gasteiger partial charge in [-0.25, -0.2) is 4.39 Å². The van der Waals surface area contributed by atoms with Gasteiger partial charge in [0, 0.05) is 49.2 Å². The predicted molar refractivity (Wildman–Crippen MR) is 92.1 cm³/mol. The van der Waals surface area contributed by atoms with Crippen LogP contribution in [0.2, 0.25) is 5.02 Å². The minimum Gasteiger partial charge on any atom is -0.337 e. The number of hydrogen-bond donors (Lipinski definition) is 0. The van der Waals surface area contributed by atoms with Crippen LogP contribution in [0.1, 0.15) is 27.1 Å². The second kappa shape index (κ2) is 7.61. The highest BCUT2D eigenvalue weighted by Crippen LogP contribution is 2.18. The van der Waals surface area contributed by atoms with E-state index in [4.69, 9.17) is 11.6 Å². The van der Waals surface area contributed by atoms with Crippen molar-refractivity contribution in [1.29, 1.82) is 0 Å². The van der Waals surface area contributed by atoms with Gasteiger partial charge in [-0.15, -0.1) is 0 Å². The normalized spacial score (nSPS) is 15.0. The summed E-state index contributed by atoms with van der Waals surface area (Å²) < 4.78 is 13.9. The molecule has 130 valence electrons. The molecule has 7 heteroatoms. The third-order valence-corrected chi connectivity index (χ3v) is 4.39. The van der Waals surface area contributed by atoms with Crippen molar-refractivity contribution < 1.29 is 14.0 Å². The zero-order chi connectivity index (χ0) is 17.8. The van der Waals surface area contributed by atoms with E-state index in [0.29, 0.717) is 43.2 Å². The van der Waals surface area contributed by atoms with Gasteiger partial charge in [0.1, 0.15) is 5.82 Å². The van der Waals surface area contributed by atoms with E-state index >= 15 is 0 Å². The maximum atomic E-state index is 13.9. The van der Waals surface area contributed by atoms with Crippen LogP contribution in [0, 0.1) is 5.82 Å². The number of hydrogen-bond acceptors (Lipinski definition) is 3. The Morgan fingerprint density at radius 1 is 0.960 bits per heavy atom. The topological polar surface area (TPSA) is 53.5 Å². The number of nitrogens with zero attached hydrogens (tertiary/aromatic N) is 3. The molecule has 1 aliphatic rings. The molecule has 0 N–H and O–H groups in total. The second-order valence-electron chi connectivity index (χ2n) is 5.80. The summed E-state index contributed by atoms with van der Waals surface area (Å²) in [5.74, 6) is -1.09. The number of carbonyl (C=O) groups is 2. The highest BCUT2D eigenvalue weighted by Gasteiger charge is 2.25. The first-order chi connectivity index (χ1) is 12.1. The maximum Gasteiger partial charge on any atom is 0.256 e. The largest absolute Gasteiger partial charge is 0.337 e. The zero-order valence-corrected chi connectivity index (χ0v) is 14.2. The van der Waals surface area contributed by atoms with Crippen LogP contribution in [-0.4, -0.2) is 52.8 Å². The third kappa shape index (κ3) is 3.96. The third-order valence-electron chi connectivity index (χ3n) is 4.16. The van der Waals surface area contributed by atoms with E-state index in [1.165, 1.54) is 18.2 Å². The van der Waals surface area contributed by atoms with E-state index in [-0.39, 0.29) is 11.5 Å². The van der Waals surface area contributed by atoms with Crippen LogP contribution in [0.4, 0.5) is 4.39 Å². The summed E-state index contributed by atoms with van der Waals surface area (Å²) in [6.07, 6.45) is 3.77. The van der Waals surface area contributed by atoms with Gasteiger partial charge in [-0.05, 0) is 36.8 Å². The van der Waals surface area contributed by atoms with E-state index in [0.717, 1.165) is 0 Å². The van der Waals surface area contributed by atoms with Crippen molar-refractivity contribution in [1.82, 2.24) is 14.8 Å². The number of aromatic nitrogens is 1. The lowest BCUT2D eigenvalue weighted by Crippen LogP contribution is -2.37. The van der Waals surface area contributed by atoms with Crippen molar-refractivity contribution in [2.75, 3.05) is 26.2 Å². The van der Waals surface area contributed by atoms with E-state index in [1.54, 1.807) is 34.3 Å². The van der Waals surface area contributed by atoms with E-state index < -0.39 is 11.7 Å². The average Bonchev–Trinajstić information content (AvgIpc) is 2.89. The average molecular weight is 362 g/mol. The fraction of sp³-hybridized carbons (Fsp3) is 0.278. The molecule has 0 unspecified atom stereocenters. The number of benzene rings is 1. The van der Waals surface area contributed by atoms with E-state index in [9.17, 15) is 14.0 Å². The molecule has 25 heavy (non-hydrogen) atoms. The van der Waals surface area contributed by atoms with E-state index in [2.05, 4.69) is 4.98 Å². The first kappa shape index (κ1) is 17.4. The van der Waals surface area contributed by atoms with Crippen molar-refractivity contribution in [3.63, 3.8) is 0 Å². The molecule has 1 aliphatic heterocycles. The summed E-state index contributed by atoms with van der Waals surface area (Å²) in [7, 11) is 0. The Morgan fingerprint density at radius 2 is 1.60 bits per heavy atom. The van der Waals surface area contributed by atoms with Gasteiger partial charge < -0.3 is 9.80 Å². The molecule has 0 saturated carbocycles. The molecule has 0 aliphatic carbocycles. The van der Waals surface area contributed by atoms with Crippen LogP contribution in [-0.2, 0) is 0 Å². The molecule has 3 rings (SSSR count). The van der Waals surface area contributed by atoms with Gasteiger partial charge in [0.15, 0.2) is 0 Å². The summed E-state index contributed by atoms with van der Waals surface area (Å²) in [4.78, 5) is 32.3. The molecule has 2 aromatic rings. The van der Waals surface area contributed by atoms with E-state index in [1.807, 2.05) is 0 Å². The van der Waals surface area contributed by atoms with Gasteiger partial charge in [0.2, 0.25) is 0 Å². The van der Waals surface area contributed by atoms with Crippen molar-refractivity contribution in [2.24, 2.45) is 0 Å². The summed E-state index contributed by atoms with van der Waals surface area (Å²) >= 11 is 5.87. The molecule has 0 spiro atoms. The standard InChI is InChI=1S/C18H17ClFN3O2/c19-14-2-3-16(20)15(12-14)18(25)23-9-1-8-22(10-11-23)17(24)13-4-6-21-7-5-13/h2-7,12H,1,8-11H2. The Bertz CT molecular complexity index is 785. The Kier molecular flexibility index (Phi) is 5.28. The maximum absolute atomic E-state index is 13.9. The quantitative estimate of drug-likeness (QED) is 0.826. The molecule has 0 radical (unpaired) electrons. The SMILES string of the molecule is O=C(c1ccncc1)N1CCCN(C(=O)c2cc(Cl)ccc2F)CC1. The molecule has 1 aromatic carbocycles. The summed E-state index contributed by atoms with van der Waals surface area (Å²) in [5, 5.41) is 0.314. The van der Waals surface area contributed by atoms with Gasteiger partial charge in [0.25, 0.3) is 11.8 Å². The van der Waals surface area contributed by atoms with Crippen LogP contribution in [0.15, 0.2) is 42.7 Å². The summed E-state index contributed by atoms with van der Waals surface area (Å²) in [6.45, 7) is 1.75. The molecule has 5 nitrogen and oxygen atoms in total. The number of pyridine rings is 1. The Balaban J connectivity index is 1.70. The highest BCUT2D eigenvalue weighted by atomic mass is 35.5. The first-order valence-electron chi connectivity index (χ1n) is 8.00. The van der Waals surface area contributed by atoms with Crippen LogP contribution in [0.25, 0.3) is 0 Å². The summed E-state index contributed by atoms with van der Waals surface area (Å²) in [6, 6.07) is 7.26. The predicted octanol–water partition coefficient (Wildman–Crippen LogP) is 2.86. The van der Waals surface area contributed by atoms with Gasteiger partial charge in [0.05, 0.1) is 5.56 Å².